The minimum Gasteiger partial charge on any atom is -0.465 e. The Bertz CT molecular complexity index is 364. The van der Waals surface area contributed by atoms with Gasteiger partial charge < -0.3 is 14.2 Å². The summed E-state index contributed by atoms with van der Waals surface area (Å²) < 4.78 is 15.4. The maximum atomic E-state index is 11.2. The number of hydrogen-bond donors (Lipinski definition) is 0. The lowest BCUT2D eigenvalue weighted by molar-refractivity contribution is -0.0127. The van der Waals surface area contributed by atoms with E-state index in [9.17, 15) is 4.79 Å². The quantitative estimate of drug-likeness (QED) is 0.694. The van der Waals surface area contributed by atoms with Gasteiger partial charge in [-0.25, -0.2) is 4.79 Å². The summed E-state index contributed by atoms with van der Waals surface area (Å²) in [6.07, 6.45) is 1.50. The number of nitrogens with zero attached hydrogens (tertiary/aromatic N) is 1. The zero-order chi connectivity index (χ0) is 13.4. The van der Waals surface area contributed by atoms with Crippen LogP contribution in [-0.2, 0) is 20.8 Å². The normalized spacial score (nSPS) is 12.2. The van der Waals surface area contributed by atoms with Crippen molar-refractivity contribution in [3.63, 3.8) is 0 Å². The lowest BCUT2D eigenvalue weighted by atomic mass is 10.2. The molecule has 1 heterocycles. The van der Waals surface area contributed by atoms with Crippen molar-refractivity contribution in [1.82, 2.24) is 4.98 Å². The van der Waals surface area contributed by atoms with Gasteiger partial charge in [0.25, 0.3) is 0 Å². The molecule has 1 atom stereocenters. The van der Waals surface area contributed by atoms with E-state index in [0.717, 1.165) is 5.69 Å². The van der Waals surface area contributed by atoms with Gasteiger partial charge in [-0.3, -0.25) is 4.98 Å². The van der Waals surface area contributed by atoms with Gasteiger partial charge in [0.05, 0.1) is 37.7 Å². The third-order valence-electron chi connectivity index (χ3n) is 2.32. The van der Waals surface area contributed by atoms with Crippen LogP contribution in [0.5, 0.6) is 0 Å². The van der Waals surface area contributed by atoms with Gasteiger partial charge in [0.2, 0.25) is 0 Å². The van der Waals surface area contributed by atoms with Crippen LogP contribution in [0.15, 0.2) is 18.3 Å². The molecule has 0 saturated carbocycles. The molecule has 0 fully saturated rings. The summed E-state index contributed by atoms with van der Waals surface area (Å²) in [5.74, 6) is -0.389. The van der Waals surface area contributed by atoms with Crippen LogP contribution < -0.4 is 0 Å². The molecular weight excluding hydrogens is 234 g/mol. The van der Waals surface area contributed by atoms with E-state index in [4.69, 9.17) is 9.47 Å². The molecule has 0 N–H and O–H groups in total. The van der Waals surface area contributed by atoms with Gasteiger partial charge in [-0.15, -0.1) is 0 Å². The highest BCUT2D eigenvalue weighted by Crippen LogP contribution is 2.05. The topological polar surface area (TPSA) is 57.7 Å². The Morgan fingerprint density at radius 2 is 2.22 bits per heavy atom. The zero-order valence-corrected chi connectivity index (χ0v) is 11.0. The molecule has 0 amide bonds. The molecule has 0 bridgehead atoms. The van der Waals surface area contributed by atoms with E-state index in [1.54, 1.807) is 12.1 Å². The molecule has 0 radical (unpaired) electrons. The second-order valence-electron chi connectivity index (χ2n) is 3.81. The van der Waals surface area contributed by atoms with Crippen LogP contribution >= 0.6 is 0 Å². The van der Waals surface area contributed by atoms with Crippen molar-refractivity contribution < 1.29 is 19.0 Å². The standard InChI is InChI=1S/C13H19NO4/c1-4-17-8-10(2)18-9-12-6-5-11(7-14-12)13(15)16-3/h5-7,10H,4,8-9H2,1-3H3. The molecule has 1 rings (SSSR count). The molecule has 0 saturated heterocycles. The van der Waals surface area contributed by atoms with Gasteiger partial charge in [-0.2, -0.15) is 0 Å². The average Bonchev–Trinajstić information content (AvgIpc) is 2.42. The lowest BCUT2D eigenvalue weighted by Crippen LogP contribution is -2.16. The molecule has 5 nitrogen and oxygen atoms in total. The molecule has 5 heteroatoms. The number of carbonyl (C=O) groups is 1. The number of aromatic nitrogens is 1. The van der Waals surface area contributed by atoms with Crippen molar-refractivity contribution in [3.05, 3.63) is 29.6 Å². The first-order valence-electron chi connectivity index (χ1n) is 5.90. The largest absolute Gasteiger partial charge is 0.465 e. The maximum absolute atomic E-state index is 11.2. The van der Waals surface area contributed by atoms with E-state index in [0.29, 0.717) is 25.4 Å². The third-order valence-corrected chi connectivity index (χ3v) is 2.32. The van der Waals surface area contributed by atoms with Crippen LogP contribution in [0.3, 0.4) is 0 Å². The average molecular weight is 253 g/mol. The number of ether oxygens (including phenoxy) is 3. The Kier molecular flexibility index (Phi) is 6.32. The van der Waals surface area contributed by atoms with Crippen LogP contribution in [0.4, 0.5) is 0 Å². The Balaban J connectivity index is 2.41. The monoisotopic (exact) mass is 253 g/mol. The van der Waals surface area contributed by atoms with E-state index >= 15 is 0 Å². The Morgan fingerprint density at radius 3 is 2.78 bits per heavy atom. The van der Waals surface area contributed by atoms with E-state index in [2.05, 4.69) is 9.72 Å². The molecule has 0 spiro atoms. The molecule has 1 unspecified atom stereocenters. The maximum Gasteiger partial charge on any atom is 0.339 e. The van der Waals surface area contributed by atoms with Crippen LogP contribution in [0.25, 0.3) is 0 Å². The van der Waals surface area contributed by atoms with Crippen molar-refractivity contribution in [2.24, 2.45) is 0 Å². The van der Waals surface area contributed by atoms with Gasteiger partial charge in [0.15, 0.2) is 0 Å². The van der Waals surface area contributed by atoms with E-state index in [-0.39, 0.29) is 12.1 Å². The van der Waals surface area contributed by atoms with Crippen LogP contribution in [0.2, 0.25) is 0 Å². The Morgan fingerprint density at radius 1 is 1.44 bits per heavy atom. The summed E-state index contributed by atoms with van der Waals surface area (Å²) in [6, 6.07) is 3.42. The minimum absolute atomic E-state index is 0.0204. The first kappa shape index (κ1) is 14.6. The predicted molar refractivity (Wildman–Crippen MR) is 66.3 cm³/mol. The Labute approximate surface area is 107 Å². The Hall–Kier alpha value is -1.46. The second kappa shape index (κ2) is 7.79. The summed E-state index contributed by atoms with van der Waals surface area (Å²) in [7, 11) is 1.34. The first-order valence-corrected chi connectivity index (χ1v) is 5.90. The highest BCUT2D eigenvalue weighted by atomic mass is 16.5. The highest BCUT2D eigenvalue weighted by molar-refractivity contribution is 5.88. The second-order valence-corrected chi connectivity index (χ2v) is 3.81. The van der Waals surface area contributed by atoms with Gasteiger partial charge in [0, 0.05) is 12.8 Å². The van der Waals surface area contributed by atoms with Gasteiger partial charge in [-0.05, 0) is 26.0 Å². The van der Waals surface area contributed by atoms with Crippen LogP contribution in [0, 0.1) is 0 Å². The van der Waals surface area contributed by atoms with Gasteiger partial charge in [-0.1, -0.05) is 0 Å². The fraction of sp³-hybridized carbons (Fsp3) is 0.538. The SMILES string of the molecule is CCOCC(C)OCc1ccc(C(=O)OC)cn1. The number of pyridine rings is 1. The highest BCUT2D eigenvalue weighted by Gasteiger charge is 2.07. The number of hydrogen-bond acceptors (Lipinski definition) is 5. The fourth-order valence-electron chi connectivity index (χ4n) is 1.31. The third kappa shape index (κ3) is 4.81. The van der Waals surface area contributed by atoms with Crippen molar-refractivity contribution in [2.45, 2.75) is 26.6 Å². The van der Waals surface area contributed by atoms with Crippen molar-refractivity contribution in [1.29, 1.82) is 0 Å². The number of carbonyl (C=O) groups excluding carboxylic acids is 1. The van der Waals surface area contributed by atoms with Crippen molar-refractivity contribution in [2.75, 3.05) is 20.3 Å². The summed E-state index contributed by atoms with van der Waals surface area (Å²) in [6.45, 7) is 5.53. The summed E-state index contributed by atoms with van der Waals surface area (Å²) in [5.41, 5.74) is 1.20. The molecular formula is C13H19NO4. The lowest BCUT2D eigenvalue weighted by Gasteiger charge is -2.12. The van der Waals surface area contributed by atoms with Crippen LogP contribution in [-0.4, -0.2) is 37.4 Å². The molecule has 1 aromatic heterocycles. The minimum atomic E-state index is -0.389. The summed E-state index contributed by atoms with van der Waals surface area (Å²) >= 11 is 0. The number of rotatable bonds is 7. The summed E-state index contributed by atoms with van der Waals surface area (Å²) in [4.78, 5) is 15.3. The smallest absolute Gasteiger partial charge is 0.339 e. The molecule has 0 aromatic carbocycles. The molecule has 18 heavy (non-hydrogen) atoms. The predicted octanol–water partition coefficient (Wildman–Crippen LogP) is 1.81. The van der Waals surface area contributed by atoms with E-state index in [1.165, 1.54) is 13.3 Å². The molecule has 0 aliphatic heterocycles. The molecule has 0 aliphatic rings. The van der Waals surface area contributed by atoms with Gasteiger partial charge >= 0.3 is 5.97 Å². The summed E-state index contributed by atoms with van der Waals surface area (Å²) in [5, 5.41) is 0. The zero-order valence-electron chi connectivity index (χ0n) is 11.0. The van der Waals surface area contributed by atoms with Gasteiger partial charge in [0.1, 0.15) is 0 Å². The first-order chi connectivity index (χ1) is 8.67. The molecule has 0 aliphatic carbocycles. The number of methoxy groups -OCH3 is 1. The number of esters is 1. The van der Waals surface area contributed by atoms with E-state index in [1.807, 2.05) is 13.8 Å². The van der Waals surface area contributed by atoms with Crippen molar-refractivity contribution in [3.8, 4) is 0 Å². The molecule has 100 valence electrons. The van der Waals surface area contributed by atoms with Crippen molar-refractivity contribution >= 4 is 5.97 Å². The fourth-order valence-corrected chi connectivity index (χ4v) is 1.31. The molecule has 1 aromatic rings. The van der Waals surface area contributed by atoms with Crippen LogP contribution in [0.1, 0.15) is 29.9 Å². The van der Waals surface area contributed by atoms with E-state index < -0.39 is 0 Å².